The summed E-state index contributed by atoms with van der Waals surface area (Å²) in [5.74, 6) is -1.97. The number of rotatable bonds is 2. The fourth-order valence-corrected chi connectivity index (χ4v) is 3.47. The van der Waals surface area contributed by atoms with E-state index in [4.69, 9.17) is 4.84 Å². The maximum absolute atomic E-state index is 13.4. The Hall–Kier alpha value is -2.76. The monoisotopic (exact) mass is 342 g/mol. The van der Waals surface area contributed by atoms with Crippen molar-refractivity contribution in [3.8, 4) is 0 Å². The van der Waals surface area contributed by atoms with Crippen molar-refractivity contribution in [2.24, 2.45) is 11.1 Å². The second-order valence-corrected chi connectivity index (χ2v) is 6.41. The van der Waals surface area contributed by atoms with Crippen molar-refractivity contribution in [2.75, 3.05) is 13.1 Å². The summed E-state index contributed by atoms with van der Waals surface area (Å²) in [6.45, 7) is 2.76. The van der Waals surface area contributed by atoms with Crippen molar-refractivity contribution in [3.63, 3.8) is 0 Å². The molecule has 2 atom stereocenters. The van der Waals surface area contributed by atoms with Crippen LogP contribution in [0.1, 0.15) is 21.5 Å². The molecule has 2 unspecified atom stereocenters. The summed E-state index contributed by atoms with van der Waals surface area (Å²) in [4.78, 5) is 19.7. The number of carbonyl (C=O) groups is 1. The van der Waals surface area contributed by atoms with Crippen LogP contribution in [0.5, 0.6) is 0 Å². The Balaban J connectivity index is 1.56. The van der Waals surface area contributed by atoms with Crippen LogP contribution in [0.25, 0.3) is 0 Å². The molecule has 1 saturated heterocycles. The number of aryl methyl sites for hydroxylation is 1. The smallest absolute Gasteiger partial charge is 0.254 e. The topological polar surface area (TPSA) is 41.9 Å². The quantitative estimate of drug-likeness (QED) is 0.841. The lowest BCUT2D eigenvalue weighted by atomic mass is 9.92. The predicted octanol–water partition coefficient (Wildman–Crippen LogP) is 3.15. The highest BCUT2D eigenvalue weighted by Gasteiger charge is 2.44. The highest BCUT2D eigenvalue weighted by molar-refractivity contribution is 6.05. The van der Waals surface area contributed by atoms with E-state index in [0.717, 1.165) is 35.0 Å². The molecule has 2 aromatic rings. The molecule has 0 radical (unpaired) electrons. The standard InChI is InChI=1S/C19H16F2N2O2/c1-11-4-2-3-5-15(11)18-16-9-23(10-17(16)25-22-18)19(24)12-6-13(20)8-14(21)7-12/h2-8,16-17H,9-10H2,1H3. The van der Waals surface area contributed by atoms with E-state index in [1.54, 1.807) is 4.90 Å². The summed E-state index contributed by atoms with van der Waals surface area (Å²) in [6, 6.07) is 10.7. The summed E-state index contributed by atoms with van der Waals surface area (Å²) in [6.07, 6.45) is -0.225. The third-order valence-corrected chi connectivity index (χ3v) is 4.72. The maximum atomic E-state index is 13.4. The molecule has 4 nitrogen and oxygen atoms in total. The van der Waals surface area contributed by atoms with Crippen molar-refractivity contribution < 1.29 is 18.4 Å². The first-order chi connectivity index (χ1) is 12.0. The Morgan fingerprint density at radius 3 is 2.60 bits per heavy atom. The molecule has 1 amide bonds. The highest BCUT2D eigenvalue weighted by atomic mass is 19.1. The Morgan fingerprint density at radius 1 is 1.16 bits per heavy atom. The zero-order valence-corrected chi connectivity index (χ0v) is 13.6. The van der Waals surface area contributed by atoms with Gasteiger partial charge in [-0.05, 0) is 24.6 Å². The summed E-state index contributed by atoms with van der Waals surface area (Å²) in [5, 5.41) is 4.20. The van der Waals surface area contributed by atoms with Crippen molar-refractivity contribution in [2.45, 2.75) is 13.0 Å². The lowest BCUT2D eigenvalue weighted by Gasteiger charge is -2.17. The zero-order valence-electron chi connectivity index (χ0n) is 13.6. The highest BCUT2D eigenvalue weighted by Crippen LogP contribution is 2.31. The molecular formula is C19H16F2N2O2. The Labute approximate surface area is 143 Å². The number of hydrogen-bond donors (Lipinski definition) is 0. The molecule has 6 heteroatoms. The molecular weight excluding hydrogens is 326 g/mol. The second kappa shape index (κ2) is 5.95. The van der Waals surface area contributed by atoms with Crippen LogP contribution in [-0.4, -0.2) is 35.7 Å². The van der Waals surface area contributed by atoms with Gasteiger partial charge in [0.2, 0.25) is 0 Å². The first kappa shape index (κ1) is 15.7. The first-order valence-electron chi connectivity index (χ1n) is 8.08. The number of carbonyl (C=O) groups excluding carboxylic acids is 1. The molecule has 2 aromatic carbocycles. The molecule has 25 heavy (non-hydrogen) atoms. The van der Waals surface area contributed by atoms with E-state index in [1.165, 1.54) is 0 Å². The third-order valence-electron chi connectivity index (χ3n) is 4.72. The van der Waals surface area contributed by atoms with Crippen molar-refractivity contribution in [1.82, 2.24) is 4.90 Å². The number of amides is 1. The number of nitrogens with zero attached hydrogens (tertiary/aromatic N) is 2. The molecule has 0 bridgehead atoms. The predicted molar refractivity (Wildman–Crippen MR) is 88.3 cm³/mol. The van der Waals surface area contributed by atoms with Gasteiger partial charge in [0.25, 0.3) is 5.91 Å². The number of oxime groups is 1. The second-order valence-electron chi connectivity index (χ2n) is 6.41. The fourth-order valence-electron chi connectivity index (χ4n) is 3.47. The normalized spacial score (nSPS) is 21.7. The molecule has 0 saturated carbocycles. The molecule has 0 spiro atoms. The van der Waals surface area contributed by atoms with Crippen LogP contribution in [0.4, 0.5) is 8.78 Å². The summed E-state index contributed by atoms with van der Waals surface area (Å²) < 4.78 is 26.8. The van der Waals surface area contributed by atoms with E-state index in [-0.39, 0.29) is 17.6 Å². The van der Waals surface area contributed by atoms with Crippen LogP contribution >= 0.6 is 0 Å². The van der Waals surface area contributed by atoms with Gasteiger partial charge < -0.3 is 9.74 Å². The average molecular weight is 342 g/mol. The summed E-state index contributed by atoms with van der Waals surface area (Å²) in [7, 11) is 0. The lowest BCUT2D eigenvalue weighted by molar-refractivity contribution is 0.0631. The van der Waals surface area contributed by atoms with Crippen molar-refractivity contribution >= 4 is 11.6 Å². The van der Waals surface area contributed by atoms with Gasteiger partial charge in [-0.3, -0.25) is 4.79 Å². The maximum Gasteiger partial charge on any atom is 0.254 e. The molecule has 0 aliphatic carbocycles. The van der Waals surface area contributed by atoms with E-state index in [9.17, 15) is 13.6 Å². The van der Waals surface area contributed by atoms with Crippen molar-refractivity contribution in [1.29, 1.82) is 0 Å². The molecule has 0 N–H and O–H groups in total. The van der Waals surface area contributed by atoms with Gasteiger partial charge in [0.1, 0.15) is 11.6 Å². The fraction of sp³-hybridized carbons (Fsp3) is 0.263. The zero-order chi connectivity index (χ0) is 17.6. The molecule has 2 heterocycles. The molecule has 128 valence electrons. The molecule has 2 aliphatic heterocycles. The van der Waals surface area contributed by atoms with Gasteiger partial charge in [0, 0.05) is 23.7 Å². The van der Waals surface area contributed by atoms with E-state index in [2.05, 4.69) is 5.16 Å². The van der Waals surface area contributed by atoms with Crippen molar-refractivity contribution in [3.05, 3.63) is 70.8 Å². The number of halogens is 2. The molecule has 0 aromatic heterocycles. The third kappa shape index (κ3) is 2.77. The first-order valence-corrected chi connectivity index (χ1v) is 8.08. The van der Waals surface area contributed by atoms with Crippen LogP contribution < -0.4 is 0 Å². The molecule has 2 aliphatic rings. The minimum atomic E-state index is -0.763. The van der Waals surface area contributed by atoms with E-state index in [0.29, 0.717) is 13.1 Å². The van der Waals surface area contributed by atoms with Crippen LogP contribution in [0.2, 0.25) is 0 Å². The van der Waals surface area contributed by atoms with Crippen LogP contribution in [0.3, 0.4) is 0 Å². The van der Waals surface area contributed by atoms with Gasteiger partial charge in [-0.1, -0.05) is 29.4 Å². The van der Waals surface area contributed by atoms with Gasteiger partial charge in [0.15, 0.2) is 6.10 Å². The Morgan fingerprint density at radius 2 is 1.88 bits per heavy atom. The number of fused-ring (bicyclic) bond motifs is 1. The van der Waals surface area contributed by atoms with E-state index >= 15 is 0 Å². The van der Waals surface area contributed by atoms with Gasteiger partial charge in [-0.2, -0.15) is 0 Å². The Kier molecular flexibility index (Phi) is 3.75. The van der Waals surface area contributed by atoms with Gasteiger partial charge in [-0.25, -0.2) is 8.78 Å². The van der Waals surface area contributed by atoms with Gasteiger partial charge in [0.05, 0.1) is 18.2 Å². The minimum absolute atomic E-state index is 0.00635. The van der Waals surface area contributed by atoms with Crippen LogP contribution in [0.15, 0.2) is 47.6 Å². The SMILES string of the molecule is Cc1ccccc1C1=NOC2CN(C(=O)c3cc(F)cc(F)c3)CC12. The summed E-state index contributed by atoms with van der Waals surface area (Å²) >= 11 is 0. The van der Waals surface area contributed by atoms with Crippen LogP contribution in [-0.2, 0) is 4.84 Å². The minimum Gasteiger partial charge on any atom is -0.390 e. The molecule has 4 rings (SSSR count). The van der Waals surface area contributed by atoms with Gasteiger partial charge >= 0.3 is 0 Å². The number of hydrogen-bond acceptors (Lipinski definition) is 3. The van der Waals surface area contributed by atoms with Crippen LogP contribution in [0, 0.1) is 24.5 Å². The molecule has 1 fully saturated rings. The largest absolute Gasteiger partial charge is 0.390 e. The summed E-state index contributed by atoms with van der Waals surface area (Å²) in [5.41, 5.74) is 2.92. The van der Waals surface area contributed by atoms with Gasteiger partial charge in [-0.15, -0.1) is 0 Å². The Bertz CT molecular complexity index is 861. The average Bonchev–Trinajstić information content (AvgIpc) is 3.14. The lowest BCUT2D eigenvalue weighted by Crippen LogP contribution is -2.30. The van der Waals surface area contributed by atoms with E-state index < -0.39 is 17.5 Å². The number of likely N-dealkylation sites (tertiary alicyclic amines) is 1. The number of benzene rings is 2. The van der Waals surface area contributed by atoms with E-state index in [1.807, 2.05) is 31.2 Å².